The van der Waals surface area contributed by atoms with Crippen molar-refractivity contribution in [3.8, 4) is 5.75 Å². The molecule has 0 radical (unpaired) electrons. The number of aryl methyl sites for hydroxylation is 3. The average molecular weight is 380 g/mol. The highest BCUT2D eigenvalue weighted by Crippen LogP contribution is 2.25. The molecule has 4 heteroatoms. The highest BCUT2D eigenvalue weighted by Gasteiger charge is 2.02. The zero-order chi connectivity index (χ0) is 18.4. The van der Waals surface area contributed by atoms with Crippen molar-refractivity contribution in [3.05, 3.63) is 88.2 Å². The van der Waals surface area contributed by atoms with Gasteiger partial charge in [0.25, 0.3) is 0 Å². The van der Waals surface area contributed by atoms with E-state index in [0.717, 1.165) is 17.0 Å². The highest BCUT2D eigenvalue weighted by atomic mass is 32.2. The van der Waals surface area contributed by atoms with E-state index in [1.165, 1.54) is 15.3 Å². The molecule has 0 bridgehead atoms. The minimum atomic E-state index is 0.572. The molecule has 1 heterocycles. The largest absolute Gasteiger partial charge is 0.439 e. The molecule has 3 rings (SSSR count). The van der Waals surface area contributed by atoms with E-state index in [9.17, 15) is 0 Å². The molecule has 2 aromatic carbocycles. The van der Waals surface area contributed by atoms with Crippen LogP contribution in [0.15, 0.2) is 80.7 Å². The van der Waals surface area contributed by atoms with Gasteiger partial charge in [0.1, 0.15) is 5.75 Å². The number of hydrogen-bond acceptors (Lipinski definition) is 4. The molecule has 0 unspecified atom stereocenters. The predicted octanol–water partition coefficient (Wildman–Crippen LogP) is 7.09. The van der Waals surface area contributed by atoms with E-state index in [0.29, 0.717) is 5.90 Å². The maximum absolute atomic E-state index is 6.04. The molecule has 0 aliphatic carbocycles. The van der Waals surface area contributed by atoms with Crippen LogP contribution < -0.4 is 4.74 Å². The quantitative estimate of drug-likeness (QED) is 0.268. The van der Waals surface area contributed by atoms with Crippen LogP contribution in [-0.4, -0.2) is 5.90 Å². The maximum Gasteiger partial charge on any atom is 0.220 e. The Morgan fingerprint density at radius 2 is 1.88 bits per heavy atom. The Labute approximate surface area is 163 Å². The van der Waals surface area contributed by atoms with Crippen molar-refractivity contribution in [1.82, 2.24) is 0 Å². The van der Waals surface area contributed by atoms with Crippen molar-refractivity contribution < 1.29 is 4.74 Å². The number of thiophene rings is 1. The molecule has 0 spiro atoms. The standard InChI is InChI=1S/C22H21NOS2/c1-16-6-4-7-20(14-16)24-21(11-13-26-22-8-5-12-25-22)23-19-10-9-17(2)18(3)15-19/h4-15H,1-3H3. The lowest BCUT2D eigenvalue weighted by Crippen LogP contribution is -2.04. The summed E-state index contributed by atoms with van der Waals surface area (Å²) in [7, 11) is 0. The van der Waals surface area contributed by atoms with E-state index in [4.69, 9.17) is 9.73 Å². The number of hydrogen-bond donors (Lipinski definition) is 0. The molecule has 0 saturated carbocycles. The average Bonchev–Trinajstić information content (AvgIpc) is 3.11. The van der Waals surface area contributed by atoms with Crippen molar-refractivity contribution in [1.29, 1.82) is 0 Å². The van der Waals surface area contributed by atoms with Crippen LogP contribution in [-0.2, 0) is 0 Å². The van der Waals surface area contributed by atoms with Crippen LogP contribution in [0.5, 0.6) is 5.75 Å². The summed E-state index contributed by atoms with van der Waals surface area (Å²) in [5.41, 5.74) is 4.53. The van der Waals surface area contributed by atoms with Crippen LogP contribution in [0.4, 0.5) is 5.69 Å². The van der Waals surface area contributed by atoms with Gasteiger partial charge in [0.05, 0.1) is 9.90 Å². The number of rotatable bonds is 5. The van der Waals surface area contributed by atoms with E-state index >= 15 is 0 Å². The second-order valence-electron chi connectivity index (χ2n) is 5.99. The third-order valence-electron chi connectivity index (χ3n) is 3.83. The van der Waals surface area contributed by atoms with Crippen LogP contribution in [0.25, 0.3) is 0 Å². The molecular weight excluding hydrogens is 358 g/mol. The zero-order valence-corrected chi connectivity index (χ0v) is 16.7. The Morgan fingerprint density at radius 1 is 1.00 bits per heavy atom. The Hall–Kier alpha value is -2.30. The summed E-state index contributed by atoms with van der Waals surface area (Å²) >= 11 is 3.38. The number of benzene rings is 2. The topological polar surface area (TPSA) is 21.6 Å². The van der Waals surface area contributed by atoms with Gasteiger partial charge in [0.2, 0.25) is 5.90 Å². The lowest BCUT2D eigenvalue weighted by molar-refractivity contribution is 0.555. The smallest absolute Gasteiger partial charge is 0.220 e. The predicted molar refractivity (Wildman–Crippen MR) is 114 cm³/mol. The first-order valence-electron chi connectivity index (χ1n) is 8.37. The number of nitrogens with zero attached hydrogens (tertiary/aromatic N) is 1. The van der Waals surface area contributed by atoms with Crippen LogP contribution in [0, 0.1) is 20.8 Å². The van der Waals surface area contributed by atoms with Gasteiger partial charge in [-0.1, -0.05) is 36.0 Å². The monoisotopic (exact) mass is 379 g/mol. The van der Waals surface area contributed by atoms with E-state index in [-0.39, 0.29) is 0 Å². The fourth-order valence-electron chi connectivity index (χ4n) is 2.31. The molecule has 0 N–H and O–H groups in total. The summed E-state index contributed by atoms with van der Waals surface area (Å²) in [5, 5.41) is 4.09. The third kappa shape index (κ3) is 5.35. The van der Waals surface area contributed by atoms with Gasteiger partial charge in [-0.25, -0.2) is 4.99 Å². The van der Waals surface area contributed by atoms with Crippen LogP contribution >= 0.6 is 23.1 Å². The summed E-state index contributed by atoms with van der Waals surface area (Å²) in [6, 6.07) is 18.3. The van der Waals surface area contributed by atoms with Gasteiger partial charge in [-0.3, -0.25) is 0 Å². The minimum Gasteiger partial charge on any atom is -0.439 e. The molecule has 0 aliphatic rings. The van der Waals surface area contributed by atoms with Gasteiger partial charge in [0.15, 0.2) is 0 Å². The molecule has 26 heavy (non-hydrogen) atoms. The fraction of sp³-hybridized carbons (Fsp3) is 0.136. The van der Waals surface area contributed by atoms with Crippen molar-refractivity contribution in [3.63, 3.8) is 0 Å². The first-order valence-corrected chi connectivity index (χ1v) is 10.1. The minimum absolute atomic E-state index is 0.572. The third-order valence-corrected chi connectivity index (χ3v) is 5.71. The Balaban J connectivity index is 1.85. The highest BCUT2D eigenvalue weighted by molar-refractivity contribution is 8.03. The molecular formula is C22H21NOS2. The number of thioether (sulfide) groups is 1. The maximum atomic E-state index is 6.04. The summed E-state index contributed by atoms with van der Waals surface area (Å²) < 4.78 is 7.28. The molecule has 2 nitrogen and oxygen atoms in total. The van der Waals surface area contributed by atoms with Gasteiger partial charge in [0, 0.05) is 6.08 Å². The molecule has 0 amide bonds. The molecule has 0 atom stereocenters. The van der Waals surface area contributed by atoms with E-state index < -0.39 is 0 Å². The van der Waals surface area contributed by atoms with Crippen molar-refractivity contribution in [2.75, 3.05) is 0 Å². The molecule has 0 fully saturated rings. The van der Waals surface area contributed by atoms with Gasteiger partial charge in [-0.15, -0.1) is 11.3 Å². The summed E-state index contributed by atoms with van der Waals surface area (Å²) in [6.45, 7) is 6.25. The fourth-order valence-corrected chi connectivity index (χ4v) is 3.79. The molecule has 0 saturated heterocycles. The molecule has 3 aromatic rings. The van der Waals surface area contributed by atoms with E-state index in [2.05, 4.69) is 50.4 Å². The SMILES string of the molecule is Cc1cccc(OC(C=CSc2cccs2)=Nc2ccc(C)c(C)c2)c1. The van der Waals surface area contributed by atoms with Crippen LogP contribution in [0.3, 0.4) is 0 Å². The summed E-state index contributed by atoms with van der Waals surface area (Å²) in [6.07, 6.45) is 1.92. The second kappa shape index (κ2) is 8.88. The van der Waals surface area contributed by atoms with Crippen LogP contribution in [0.1, 0.15) is 16.7 Å². The lowest BCUT2D eigenvalue weighted by atomic mass is 10.1. The van der Waals surface area contributed by atoms with Gasteiger partial charge in [-0.2, -0.15) is 0 Å². The first-order chi connectivity index (χ1) is 12.6. The van der Waals surface area contributed by atoms with Crippen molar-refractivity contribution >= 4 is 34.7 Å². The molecule has 132 valence electrons. The van der Waals surface area contributed by atoms with Crippen molar-refractivity contribution in [2.45, 2.75) is 25.0 Å². The Kier molecular flexibility index (Phi) is 6.31. The molecule has 0 aliphatic heterocycles. The number of aliphatic imine (C=N–C) groups is 1. The normalized spacial score (nSPS) is 11.9. The summed E-state index contributed by atoms with van der Waals surface area (Å²) in [5.74, 6) is 1.36. The van der Waals surface area contributed by atoms with Crippen molar-refractivity contribution in [2.24, 2.45) is 4.99 Å². The van der Waals surface area contributed by atoms with Gasteiger partial charge < -0.3 is 4.74 Å². The first kappa shape index (κ1) is 18.5. The Bertz CT molecular complexity index is 927. The van der Waals surface area contributed by atoms with Gasteiger partial charge in [-0.05, 0) is 78.6 Å². The zero-order valence-electron chi connectivity index (χ0n) is 15.1. The van der Waals surface area contributed by atoms with E-state index in [1.807, 2.05) is 41.8 Å². The lowest BCUT2D eigenvalue weighted by Gasteiger charge is -2.07. The summed E-state index contributed by atoms with van der Waals surface area (Å²) in [4.78, 5) is 4.70. The van der Waals surface area contributed by atoms with Crippen LogP contribution in [0.2, 0.25) is 0 Å². The number of ether oxygens (including phenoxy) is 1. The second-order valence-corrected chi connectivity index (χ2v) is 8.14. The van der Waals surface area contributed by atoms with Gasteiger partial charge >= 0.3 is 0 Å². The Morgan fingerprint density at radius 3 is 2.62 bits per heavy atom. The van der Waals surface area contributed by atoms with E-state index in [1.54, 1.807) is 23.1 Å². The molecule has 1 aromatic heterocycles.